The summed E-state index contributed by atoms with van der Waals surface area (Å²) >= 11 is 0. The summed E-state index contributed by atoms with van der Waals surface area (Å²) in [5.41, 5.74) is 3.26. The highest BCUT2D eigenvalue weighted by molar-refractivity contribution is 5.90. The Kier molecular flexibility index (Phi) is 4.08. The van der Waals surface area contributed by atoms with Gasteiger partial charge in [-0.05, 0) is 35.2 Å². The lowest BCUT2D eigenvalue weighted by Crippen LogP contribution is -1.98. The number of hydrogen-bond acceptors (Lipinski definition) is 2. The largest absolute Gasteiger partial charge is 0.496 e. The summed E-state index contributed by atoms with van der Waals surface area (Å²) in [5, 5.41) is 9.10. The van der Waals surface area contributed by atoms with Crippen LogP contribution in [0.1, 0.15) is 35.7 Å². The predicted molar refractivity (Wildman–Crippen MR) is 79.5 cm³/mol. The first-order chi connectivity index (χ1) is 9.52. The second-order valence-electron chi connectivity index (χ2n) is 5.00. The minimum Gasteiger partial charge on any atom is -0.496 e. The number of benzene rings is 2. The lowest BCUT2D eigenvalue weighted by atomic mass is 9.97. The highest BCUT2D eigenvalue weighted by Crippen LogP contribution is 2.31. The van der Waals surface area contributed by atoms with E-state index in [9.17, 15) is 4.79 Å². The number of carbonyl (C=O) groups is 1. The van der Waals surface area contributed by atoms with Gasteiger partial charge in [-0.3, -0.25) is 0 Å². The van der Waals surface area contributed by atoms with Gasteiger partial charge in [0.1, 0.15) is 5.75 Å². The van der Waals surface area contributed by atoms with Crippen molar-refractivity contribution in [1.82, 2.24) is 0 Å². The molecule has 0 atom stereocenters. The van der Waals surface area contributed by atoms with Crippen LogP contribution in [0.2, 0.25) is 0 Å². The van der Waals surface area contributed by atoms with Gasteiger partial charge in [0, 0.05) is 5.56 Å². The molecule has 3 heteroatoms. The van der Waals surface area contributed by atoms with Crippen LogP contribution in [0.25, 0.3) is 11.1 Å². The highest BCUT2D eigenvalue weighted by atomic mass is 16.5. The number of hydrogen-bond donors (Lipinski definition) is 1. The van der Waals surface area contributed by atoms with E-state index in [0.29, 0.717) is 11.7 Å². The zero-order valence-corrected chi connectivity index (χ0v) is 11.9. The molecule has 0 bridgehead atoms. The van der Waals surface area contributed by atoms with Gasteiger partial charge in [-0.25, -0.2) is 4.79 Å². The molecule has 0 heterocycles. The minimum atomic E-state index is -0.937. The van der Waals surface area contributed by atoms with Gasteiger partial charge in [0.25, 0.3) is 0 Å². The first-order valence-corrected chi connectivity index (χ1v) is 6.54. The zero-order valence-electron chi connectivity index (χ0n) is 11.9. The van der Waals surface area contributed by atoms with Crippen LogP contribution in [0, 0.1) is 0 Å². The fourth-order valence-corrected chi connectivity index (χ4v) is 2.11. The van der Waals surface area contributed by atoms with Gasteiger partial charge in [-0.2, -0.15) is 0 Å². The molecule has 0 aromatic heterocycles. The maximum atomic E-state index is 11.1. The summed E-state index contributed by atoms with van der Waals surface area (Å²) in [4.78, 5) is 11.1. The number of methoxy groups -OCH3 is 1. The Labute approximate surface area is 118 Å². The standard InChI is InChI=1S/C17H18O3/c1-11(2)12-4-6-13(7-5-12)15-10-14(17(18)19)8-9-16(15)20-3/h4-11H,1-3H3,(H,18,19). The van der Waals surface area contributed by atoms with Crippen molar-refractivity contribution in [1.29, 1.82) is 0 Å². The van der Waals surface area contributed by atoms with Gasteiger partial charge < -0.3 is 9.84 Å². The average molecular weight is 270 g/mol. The molecule has 20 heavy (non-hydrogen) atoms. The molecule has 0 amide bonds. The van der Waals surface area contributed by atoms with E-state index in [-0.39, 0.29) is 5.56 Å². The van der Waals surface area contributed by atoms with E-state index in [0.717, 1.165) is 11.1 Å². The van der Waals surface area contributed by atoms with Crippen LogP contribution in [0.4, 0.5) is 0 Å². The van der Waals surface area contributed by atoms with Crippen molar-refractivity contribution in [2.45, 2.75) is 19.8 Å². The SMILES string of the molecule is COc1ccc(C(=O)O)cc1-c1ccc(C(C)C)cc1. The van der Waals surface area contributed by atoms with Gasteiger partial charge >= 0.3 is 5.97 Å². The van der Waals surface area contributed by atoms with Gasteiger partial charge in [-0.1, -0.05) is 38.1 Å². The van der Waals surface area contributed by atoms with Crippen LogP contribution < -0.4 is 4.74 Å². The van der Waals surface area contributed by atoms with Gasteiger partial charge in [0.15, 0.2) is 0 Å². The molecule has 0 saturated carbocycles. The molecule has 0 aliphatic heterocycles. The first-order valence-electron chi connectivity index (χ1n) is 6.54. The quantitative estimate of drug-likeness (QED) is 0.906. The Morgan fingerprint density at radius 2 is 1.75 bits per heavy atom. The highest BCUT2D eigenvalue weighted by Gasteiger charge is 2.11. The van der Waals surface area contributed by atoms with E-state index in [2.05, 4.69) is 26.0 Å². The Morgan fingerprint density at radius 1 is 1.10 bits per heavy atom. The molecule has 0 spiro atoms. The Hall–Kier alpha value is -2.29. The average Bonchev–Trinajstić information content (AvgIpc) is 2.46. The third-order valence-electron chi connectivity index (χ3n) is 3.33. The number of rotatable bonds is 4. The van der Waals surface area contributed by atoms with Crippen molar-refractivity contribution < 1.29 is 14.6 Å². The Morgan fingerprint density at radius 3 is 2.25 bits per heavy atom. The Balaban J connectivity index is 2.49. The Bertz CT molecular complexity index is 613. The van der Waals surface area contributed by atoms with Crippen molar-refractivity contribution >= 4 is 5.97 Å². The number of carboxylic acids is 1. The van der Waals surface area contributed by atoms with Crippen LogP contribution in [0.5, 0.6) is 5.75 Å². The molecule has 0 aliphatic carbocycles. The molecule has 0 fully saturated rings. The lowest BCUT2D eigenvalue weighted by molar-refractivity contribution is 0.0697. The van der Waals surface area contributed by atoms with Crippen molar-refractivity contribution in [3.8, 4) is 16.9 Å². The molecule has 3 nitrogen and oxygen atoms in total. The summed E-state index contributed by atoms with van der Waals surface area (Å²) in [5.74, 6) is 0.205. The fourth-order valence-electron chi connectivity index (χ4n) is 2.11. The maximum absolute atomic E-state index is 11.1. The molecule has 0 radical (unpaired) electrons. The summed E-state index contributed by atoms with van der Waals surface area (Å²) < 4.78 is 5.32. The first kappa shape index (κ1) is 14.1. The predicted octanol–water partition coefficient (Wildman–Crippen LogP) is 4.18. The summed E-state index contributed by atoms with van der Waals surface area (Å²) in [6.45, 7) is 4.28. The number of ether oxygens (including phenoxy) is 1. The molecule has 1 N–H and O–H groups in total. The van der Waals surface area contributed by atoms with Crippen molar-refractivity contribution in [2.75, 3.05) is 7.11 Å². The zero-order chi connectivity index (χ0) is 14.7. The van der Waals surface area contributed by atoms with Gasteiger partial charge in [0.2, 0.25) is 0 Å². The molecule has 2 aromatic carbocycles. The molecule has 0 aliphatic rings. The maximum Gasteiger partial charge on any atom is 0.335 e. The monoisotopic (exact) mass is 270 g/mol. The molecule has 2 aromatic rings. The van der Waals surface area contributed by atoms with Crippen molar-refractivity contribution in [3.63, 3.8) is 0 Å². The smallest absolute Gasteiger partial charge is 0.335 e. The number of carboxylic acid groups (broad SMARTS) is 1. The molecular formula is C17H18O3. The molecule has 2 rings (SSSR count). The summed E-state index contributed by atoms with van der Waals surface area (Å²) in [6.07, 6.45) is 0. The minimum absolute atomic E-state index is 0.258. The molecular weight excluding hydrogens is 252 g/mol. The van der Waals surface area contributed by atoms with Crippen LogP contribution in [0.3, 0.4) is 0 Å². The van der Waals surface area contributed by atoms with E-state index in [4.69, 9.17) is 9.84 Å². The summed E-state index contributed by atoms with van der Waals surface area (Å²) in [6, 6.07) is 13.0. The summed E-state index contributed by atoms with van der Waals surface area (Å²) in [7, 11) is 1.59. The van der Waals surface area contributed by atoms with Crippen LogP contribution in [-0.2, 0) is 0 Å². The van der Waals surface area contributed by atoms with E-state index in [1.807, 2.05) is 12.1 Å². The van der Waals surface area contributed by atoms with Crippen molar-refractivity contribution in [3.05, 3.63) is 53.6 Å². The van der Waals surface area contributed by atoms with Crippen LogP contribution >= 0.6 is 0 Å². The van der Waals surface area contributed by atoms with Crippen LogP contribution in [-0.4, -0.2) is 18.2 Å². The van der Waals surface area contributed by atoms with E-state index in [1.54, 1.807) is 25.3 Å². The molecule has 104 valence electrons. The normalized spacial score (nSPS) is 10.6. The number of aromatic carboxylic acids is 1. The van der Waals surface area contributed by atoms with Gasteiger partial charge in [-0.15, -0.1) is 0 Å². The fraction of sp³-hybridized carbons (Fsp3) is 0.235. The van der Waals surface area contributed by atoms with Gasteiger partial charge in [0.05, 0.1) is 12.7 Å². The van der Waals surface area contributed by atoms with E-state index in [1.165, 1.54) is 5.56 Å². The second-order valence-corrected chi connectivity index (χ2v) is 5.00. The third kappa shape index (κ3) is 2.82. The third-order valence-corrected chi connectivity index (χ3v) is 3.33. The molecule has 0 unspecified atom stereocenters. The van der Waals surface area contributed by atoms with Crippen molar-refractivity contribution in [2.24, 2.45) is 0 Å². The van der Waals surface area contributed by atoms with E-state index >= 15 is 0 Å². The second kappa shape index (κ2) is 5.78. The lowest BCUT2D eigenvalue weighted by Gasteiger charge is -2.11. The van der Waals surface area contributed by atoms with E-state index < -0.39 is 5.97 Å². The topological polar surface area (TPSA) is 46.5 Å². The van der Waals surface area contributed by atoms with Crippen LogP contribution in [0.15, 0.2) is 42.5 Å². The molecule has 0 saturated heterocycles.